The summed E-state index contributed by atoms with van der Waals surface area (Å²) < 4.78 is 6.79. The normalized spacial score (nSPS) is 10.8. The van der Waals surface area contributed by atoms with Crippen molar-refractivity contribution >= 4 is 11.6 Å². The summed E-state index contributed by atoms with van der Waals surface area (Å²) in [7, 11) is 1.62. The van der Waals surface area contributed by atoms with Gasteiger partial charge in [0.15, 0.2) is 5.65 Å². The van der Waals surface area contributed by atoms with E-state index < -0.39 is 5.91 Å². The van der Waals surface area contributed by atoms with Gasteiger partial charge in [-0.2, -0.15) is 5.10 Å². The second kappa shape index (κ2) is 4.90. The third kappa shape index (κ3) is 2.10. The molecule has 0 aliphatic carbocycles. The van der Waals surface area contributed by atoms with Crippen molar-refractivity contribution in [3.05, 3.63) is 47.8 Å². The van der Waals surface area contributed by atoms with Gasteiger partial charge in [-0.3, -0.25) is 4.79 Å². The van der Waals surface area contributed by atoms with Crippen molar-refractivity contribution in [1.29, 1.82) is 0 Å². The molecule has 2 N–H and O–H groups in total. The van der Waals surface area contributed by atoms with Gasteiger partial charge in [0.2, 0.25) is 0 Å². The van der Waals surface area contributed by atoms with E-state index >= 15 is 0 Å². The first kappa shape index (κ1) is 13.1. The maximum atomic E-state index is 11.5. The van der Waals surface area contributed by atoms with Gasteiger partial charge in [0.05, 0.1) is 18.5 Å². The number of hydrogen-bond donors (Lipinski definition) is 1. The van der Waals surface area contributed by atoms with Crippen molar-refractivity contribution in [2.75, 3.05) is 7.11 Å². The maximum Gasteiger partial charge on any atom is 0.254 e. The number of amides is 1. The predicted octanol–water partition coefficient (Wildman–Crippen LogP) is 1.81. The van der Waals surface area contributed by atoms with E-state index in [1.807, 2.05) is 30.3 Å². The standard InChI is InChI=1S/C15H14N4O2/c1-9-13(14(16)20)15-17-8-7-12(19(15)18-9)10-3-5-11(21-2)6-4-10/h3-8H,1-2H3,(H2,16,20). The summed E-state index contributed by atoms with van der Waals surface area (Å²) in [4.78, 5) is 15.8. The number of carbonyl (C=O) groups is 1. The number of aryl methyl sites for hydroxylation is 1. The topological polar surface area (TPSA) is 82.5 Å². The average Bonchev–Trinajstić information content (AvgIpc) is 2.83. The van der Waals surface area contributed by atoms with Crippen LogP contribution in [-0.2, 0) is 0 Å². The number of primary amides is 1. The molecule has 0 spiro atoms. The molecule has 0 saturated heterocycles. The van der Waals surface area contributed by atoms with Gasteiger partial charge in [0.25, 0.3) is 5.91 Å². The molecule has 0 atom stereocenters. The SMILES string of the molecule is COc1ccc(-c2ccnc3c(C(N)=O)c(C)nn23)cc1. The molecule has 0 bridgehead atoms. The fraction of sp³-hybridized carbons (Fsp3) is 0.133. The molecule has 3 rings (SSSR count). The molecule has 1 aromatic carbocycles. The number of carbonyl (C=O) groups excluding carboxylic acids is 1. The largest absolute Gasteiger partial charge is 0.497 e. The summed E-state index contributed by atoms with van der Waals surface area (Å²) in [6.45, 7) is 1.74. The number of benzene rings is 1. The summed E-state index contributed by atoms with van der Waals surface area (Å²) in [6.07, 6.45) is 1.64. The predicted molar refractivity (Wildman–Crippen MR) is 78.2 cm³/mol. The molecule has 106 valence electrons. The van der Waals surface area contributed by atoms with Crippen LogP contribution in [0, 0.1) is 6.92 Å². The Hall–Kier alpha value is -2.89. The van der Waals surface area contributed by atoms with Crippen molar-refractivity contribution in [3.8, 4) is 17.0 Å². The van der Waals surface area contributed by atoms with Crippen LogP contribution in [0.2, 0.25) is 0 Å². The van der Waals surface area contributed by atoms with Crippen LogP contribution in [0.4, 0.5) is 0 Å². The first-order chi connectivity index (χ1) is 10.1. The van der Waals surface area contributed by atoms with Crippen molar-refractivity contribution in [2.45, 2.75) is 6.92 Å². The van der Waals surface area contributed by atoms with E-state index in [4.69, 9.17) is 10.5 Å². The lowest BCUT2D eigenvalue weighted by Gasteiger charge is -2.06. The van der Waals surface area contributed by atoms with E-state index in [1.165, 1.54) is 0 Å². The lowest BCUT2D eigenvalue weighted by atomic mass is 10.1. The van der Waals surface area contributed by atoms with Crippen molar-refractivity contribution < 1.29 is 9.53 Å². The summed E-state index contributed by atoms with van der Waals surface area (Å²) >= 11 is 0. The van der Waals surface area contributed by atoms with Crippen LogP contribution in [0.15, 0.2) is 36.5 Å². The summed E-state index contributed by atoms with van der Waals surface area (Å²) in [5.41, 5.74) is 8.56. The highest BCUT2D eigenvalue weighted by Crippen LogP contribution is 2.24. The van der Waals surface area contributed by atoms with Crippen LogP contribution < -0.4 is 10.5 Å². The highest BCUT2D eigenvalue weighted by Gasteiger charge is 2.17. The molecular weight excluding hydrogens is 268 g/mol. The van der Waals surface area contributed by atoms with Crippen molar-refractivity contribution in [1.82, 2.24) is 14.6 Å². The molecule has 1 amide bonds. The zero-order valence-corrected chi connectivity index (χ0v) is 11.7. The number of hydrogen-bond acceptors (Lipinski definition) is 4. The zero-order valence-electron chi connectivity index (χ0n) is 11.7. The Morgan fingerprint density at radius 3 is 2.57 bits per heavy atom. The molecule has 21 heavy (non-hydrogen) atoms. The second-order valence-corrected chi connectivity index (χ2v) is 4.62. The molecule has 0 fully saturated rings. The minimum absolute atomic E-state index is 0.352. The van der Waals surface area contributed by atoms with Crippen LogP contribution in [0.3, 0.4) is 0 Å². The molecule has 0 radical (unpaired) electrons. The Kier molecular flexibility index (Phi) is 3.06. The molecule has 6 nitrogen and oxygen atoms in total. The Morgan fingerprint density at radius 1 is 1.24 bits per heavy atom. The third-order valence-corrected chi connectivity index (χ3v) is 3.33. The van der Waals surface area contributed by atoms with Gasteiger partial charge in [-0.1, -0.05) is 0 Å². The van der Waals surface area contributed by atoms with Gasteiger partial charge >= 0.3 is 0 Å². The minimum Gasteiger partial charge on any atom is -0.497 e. The van der Waals surface area contributed by atoms with Gasteiger partial charge in [-0.25, -0.2) is 9.50 Å². The number of methoxy groups -OCH3 is 1. The van der Waals surface area contributed by atoms with E-state index in [0.29, 0.717) is 16.9 Å². The molecule has 0 saturated carbocycles. The van der Waals surface area contributed by atoms with E-state index in [9.17, 15) is 4.79 Å². The Bertz CT molecular complexity index is 822. The van der Waals surface area contributed by atoms with Crippen LogP contribution in [0.25, 0.3) is 16.9 Å². The van der Waals surface area contributed by atoms with Crippen molar-refractivity contribution in [3.63, 3.8) is 0 Å². The van der Waals surface area contributed by atoms with E-state index in [2.05, 4.69) is 10.1 Å². The van der Waals surface area contributed by atoms with Gasteiger partial charge in [0.1, 0.15) is 11.3 Å². The van der Waals surface area contributed by atoms with Crippen LogP contribution >= 0.6 is 0 Å². The number of aromatic nitrogens is 3. The fourth-order valence-electron chi connectivity index (χ4n) is 2.32. The number of rotatable bonds is 3. The molecular formula is C15H14N4O2. The van der Waals surface area contributed by atoms with Crippen molar-refractivity contribution in [2.24, 2.45) is 5.73 Å². The highest BCUT2D eigenvalue weighted by molar-refractivity contribution is 6.00. The smallest absolute Gasteiger partial charge is 0.254 e. The Labute approximate surface area is 121 Å². The lowest BCUT2D eigenvalue weighted by Crippen LogP contribution is -2.12. The van der Waals surface area contributed by atoms with Gasteiger partial charge < -0.3 is 10.5 Å². The van der Waals surface area contributed by atoms with Gasteiger partial charge in [-0.05, 0) is 37.3 Å². The molecule has 0 unspecified atom stereocenters. The van der Waals surface area contributed by atoms with E-state index in [0.717, 1.165) is 17.0 Å². The molecule has 0 aliphatic heterocycles. The molecule has 2 heterocycles. The Morgan fingerprint density at radius 2 is 1.95 bits per heavy atom. The number of nitrogens with two attached hydrogens (primary N) is 1. The number of nitrogens with zero attached hydrogens (tertiary/aromatic N) is 3. The van der Waals surface area contributed by atoms with Crippen LogP contribution in [0.1, 0.15) is 16.1 Å². The monoisotopic (exact) mass is 282 g/mol. The summed E-state index contributed by atoms with van der Waals surface area (Å²) in [5.74, 6) is 0.250. The number of fused-ring (bicyclic) bond motifs is 1. The quantitative estimate of drug-likeness (QED) is 0.794. The van der Waals surface area contributed by atoms with Crippen LogP contribution in [-0.4, -0.2) is 27.6 Å². The first-order valence-electron chi connectivity index (χ1n) is 6.40. The molecule has 3 aromatic rings. The zero-order chi connectivity index (χ0) is 15.0. The fourth-order valence-corrected chi connectivity index (χ4v) is 2.32. The number of ether oxygens (including phenoxy) is 1. The first-order valence-corrected chi connectivity index (χ1v) is 6.40. The second-order valence-electron chi connectivity index (χ2n) is 4.62. The molecule has 2 aromatic heterocycles. The van der Waals surface area contributed by atoms with E-state index in [-0.39, 0.29) is 0 Å². The molecule has 0 aliphatic rings. The van der Waals surface area contributed by atoms with Gasteiger partial charge in [0, 0.05) is 11.8 Å². The molecule has 6 heteroatoms. The average molecular weight is 282 g/mol. The minimum atomic E-state index is -0.526. The third-order valence-electron chi connectivity index (χ3n) is 3.33. The summed E-state index contributed by atoms with van der Waals surface area (Å²) in [6, 6.07) is 9.43. The van der Waals surface area contributed by atoms with Gasteiger partial charge in [-0.15, -0.1) is 0 Å². The van der Waals surface area contributed by atoms with E-state index in [1.54, 1.807) is 24.7 Å². The lowest BCUT2D eigenvalue weighted by molar-refractivity contribution is 0.100. The Balaban J connectivity index is 2.23. The highest BCUT2D eigenvalue weighted by atomic mass is 16.5. The van der Waals surface area contributed by atoms with Crippen LogP contribution in [0.5, 0.6) is 5.75 Å². The summed E-state index contributed by atoms with van der Waals surface area (Å²) in [5, 5.41) is 4.38. The maximum absolute atomic E-state index is 11.5.